The fourth-order valence-electron chi connectivity index (χ4n) is 0.805. The molecule has 0 unspecified atom stereocenters. The molecule has 1 amide bonds. The zero-order chi connectivity index (χ0) is 9.84. The maximum Gasteiger partial charge on any atom is 0.404 e. The summed E-state index contributed by atoms with van der Waals surface area (Å²) in [5, 5.41) is 10.6. The Hall–Kier alpha value is -1.30. The standard InChI is InChI=1S/C7H8BrN3O2/c8-5-3-10-6(9)1-4(5)2-11-7(12)13/h1,3,11H,2H2,(H2,9,10)(H,12,13). The third kappa shape index (κ3) is 2.90. The van der Waals surface area contributed by atoms with Gasteiger partial charge in [-0.15, -0.1) is 0 Å². The van der Waals surface area contributed by atoms with Gasteiger partial charge in [0.05, 0.1) is 0 Å². The van der Waals surface area contributed by atoms with E-state index in [1.807, 2.05) is 0 Å². The number of hydrogen-bond donors (Lipinski definition) is 3. The molecule has 0 radical (unpaired) electrons. The number of hydrogen-bond acceptors (Lipinski definition) is 3. The Morgan fingerprint density at radius 3 is 3.08 bits per heavy atom. The maximum absolute atomic E-state index is 10.2. The Balaban J connectivity index is 2.75. The molecule has 0 fully saturated rings. The summed E-state index contributed by atoms with van der Waals surface area (Å²) in [4.78, 5) is 14.0. The van der Waals surface area contributed by atoms with Crippen LogP contribution in [0.25, 0.3) is 0 Å². The number of pyridine rings is 1. The average Bonchev–Trinajstić information content (AvgIpc) is 2.06. The van der Waals surface area contributed by atoms with Crippen LogP contribution in [0.4, 0.5) is 10.6 Å². The summed E-state index contributed by atoms with van der Waals surface area (Å²) in [7, 11) is 0. The zero-order valence-electron chi connectivity index (χ0n) is 6.62. The van der Waals surface area contributed by atoms with Crippen molar-refractivity contribution in [1.82, 2.24) is 10.3 Å². The number of carbonyl (C=O) groups is 1. The van der Waals surface area contributed by atoms with Gasteiger partial charge in [-0.3, -0.25) is 0 Å². The minimum Gasteiger partial charge on any atom is -0.465 e. The van der Waals surface area contributed by atoms with Crippen molar-refractivity contribution in [2.24, 2.45) is 0 Å². The van der Waals surface area contributed by atoms with E-state index in [2.05, 4.69) is 26.2 Å². The second-order valence-electron chi connectivity index (χ2n) is 2.36. The highest BCUT2D eigenvalue weighted by molar-refractivity contribution is 9.10. The lowest BCUT2D eigenvalue weighted by molar-refractivity contribution is 0.194. The second kappa shape index (κ2) is 4.08. The number of anilines is 1. The summed E-state index contributed by atoms with van der Waals surface area (Å²) in [5.41, 5.74) is 6.19. The van der Waals surface area contributed by atoms with E-state index in [4.69, 9.17) is 10.8 Å². The molecule has 13 heavy (non-hydrogen) atoms. The van der Waals surface area contributed by atoms with E-state index in [-0.39, 0.29) is 6.54 Å². The highest BCUT2D eigenvalue weighted by Gasteiger charge is 2.02. The van der Waals surface area contributed by atoms with Gasteiger partial charge >= 0.3 is 6.09 Å². The molecule has 0 aromatic carbocycles. The summed E-state index contributed by atoms with van der Waals surface area (Å²) >= 11 is 3.23. The van der Waals surface area contributed by atoms with Crippen LogP contribution >= 0.6 is 15.9 Å². The fraction of sp³-hybridized carbons (Fsp3) is 0.143. The number of nitrogens with zero attached hydrogens (tertiary/aromatic N) is 1. The molecule has 0 aliphatic rings. The molecule has 0 saturated carbocycles. The SMILES string of the molecule is Nc1cc(CNC(=O)O)c(Br)cn1. The lowest BCUT2D eigenvalue weighted by Gasteiger charge is -2.04. The second-order valence-corrected chi connectivity index (χ2v) is 3.21. The fourth-order valence-corrected chi connectivity index (χ4v) is 1.16. The van der Waals surface area contributed by atoms with Crippen molar-refractivity contribution < 1.29 is 9.90 Å². The first-order chi connectivity index (χ1) is 6.09. The molecule has 70 valence electrons. The first-order valence-electron chi connectivity index (χ1n) is 3.46. The number of nitrogen functional groups attached to an aromatic ring is 1. The third-order valence-corrected chi connectivity index (χ3v) is 2.10. The predicted octanol–water partition coefficient (Wildman–Crippen LogP) is 1.19. The Morgan fingerprint density at radius 1 is 1.77 bits per heavy atom. The summed E-state index contributed by atoms with van der Waals surface area (Å²) in [6.45, 7) is 0.211. The van der Waals surface area contributed by atoms with Gasteiger partial charge in [0.1, 0.15) is 5.82 Å². The Bertz CT molecular complexity index is 330. The minimum atomic E-state index is -1.07. The smallest absolute Gasteiger partial charge is 0.404 e. The maximum atomic E-state index is 10.2. The van der Waals surface area contributed by atoms with Crippen LogP contribution in [-0.4, -0.2) is 16.2 Å². The van der Waals surface area contributed by atoms with E-state index < -0.39 is 6.09 Å². The van der Waals surface area contributed by atoms with Crippen LogP contribution in [0.5, 0.6) is 0 Å². The number of nitrogens with one attached hydrogen (secondary N) is 1. The van der Waals surface area contributed by atoms with Crippen LogP contribution in [0, 0.1) is 0 Å². The molecule has 0 spiro atoms. The molecule has 0 atom stereocenters. The Kier molecular flexibility index (Phi) is 3.07. The van der Waals surface area contributed by atoms with E-state index in [1.54, 1.807) is 6.07 Å². The van der Waals surface area contributed by atoms with Gasteiger partial charge in [-0.25, -0.2) is 9.78 Å². The number of rotatable bonds is 2. The van der Waals surface area contributed by atoms with Gasteiger partial charge in [0.25, 0.3) is 0 Å². The van der Waals surface area contributed by atoms with Crippen molar-refractivity contribution in [1.29, 1.82) is 0 Å². The number of aromatic nitrogens is 1. The molecule has 0 aliphatic carbocycles. The van der Waals surface area contributed by atoms with Crippen LogP contribution in [-0.2, 0) is 6.54 Å². The Morgan fingerprint density at radius 2 is 2.46 bits per heavy atom. The molecule has 6 heteroatoms. The van der Waals surface area contributed by atoms with E-state index in [0.29, 0.717) is 5.82 Å². The van der Waals surface area contributed by atoms with Crippen LogP contribution in [0.2, 0.25) is 0 Å². The highest BCUT2D eigenvalue weighted by Crippen LogP contribution is 2.16. The van der Waals surface area contributed by atoms with Crippen molar-refractivity contribution in [2.45, 2.75) is 6.54 Å². The molecule has 0 aliphatic heterocycles. The first-order valence-corrected chi connectivity index (χ1v) is 4.25. The van der Waals surface area contributed by atoms with Gasteiger partial charge in [-0.2, -0.15) is 0 Å². The van der Waals surface area contributed by atoms with Crippen LogP contribution in [0.15, 0.2) is 16.7 Å². The predicted molar refractivity (Wildman–Crippen MR) is 51.2 cm³/mol. The lowest BCUT2D eigenvalue weighted by atomic mass is 10.2. The van der Waals surface area contributed by atoms with Crippen molar-refractivity contribution in [2.75, 3.05) is 5.73 Å². The summed E-state index contributed by atoms with van der Waals surface area (Å²) in [6.07, 6.45) is 0.469. The molecule has 0 saturated heterocycles. The first kappa shape index (κ1) is 9.79. The largest absolute Gasteiger partial charge is 0.465 e. The van der Waals surface area contributed by atoms with Crippen LogP contribution in [0.1, 0.15) is 5.56 Å². The molecular formula is C7H8BrN3O2. The monoisotopic (exact) mass is 245 g/mol. The van der Waals surface area contributed by atoms with Crippen molar-refractivity contribution >= 4 is 27.8 Å². The third-order valence-electron chi connectivity index (χ3n) is 1.39. The van der Waals surface area contributed by atoms with Crippen molar-refractivity contribution in [3.05, 3.63) is 22.3 Å². The molecular weight excluding hydrogens is 238 g/mol. The van der Waals surface area contributed by atoms with Gasteiger partial charge in [0, 0.05) is 17.2 Å². The van der Waals surface area contributed by atoms with E-state index >= 15 is 0 Å². The van der Waals surface area contributed by atoms with Crippen molar-refractivity contribution in [3.8, 4) is 0 Å². The van der Waals surface area contributed by atoms with Gasteiger partial charge < -0.3 is 16.2 Å². The lowest BCUT2D eigenvalue weighted by Crippen LogP contribution is -2.20. The molecule has 1 aromatic rings. The van der Waals surface area contributed by atoms with E-state index in [0.717, 1.165) is 10.0 Å². The molecule has 1 rings (SSSR count). The summed E-state index contributed by atoms with van der Waals surface area (Å²) in [6, 6.07) is 1.61. The number of amides is 1. The summed E-state index contributed by atoms with van der Waals surface area (Å²) in [5.74, 6) is 0.366. The Labute approximate surface area is 83.1 Å². The van der Waals surface area contributed by atoms with Gasteiger partial charge in [-0.1, -0.05) is 0 Å². The zero-order valence-corrected chi connectivity index (χ0v) is 8.21. The molecule has 0 bridgehead atoms. The minimum absolute atomic E-state index is 0.211. The van der Waals surface area contributed by atoms with Gasteiger partial charge in [0.2, 0.25) is 0 Å². The topological polar surface area (TPSA) is 88.2 Å². The highest BCUT2D eigenvalue weighted by atomic mass is 79.9. The number of carboxylic acid groups (broad SMARTS) is 1. The summed E-state index contributed by atoms with van der Waals surface area (Å²) < 4.78 is 0.732. The quantitative estimate of drug-likeness (QED) is 0.731. The van der Waals surface area contributed by atoms with Crippen molar-refractivity contribution in [3.63, 3.8) is 0 Å². The van der Waals surface area contributed by atoms with Gasteiger partial charge in [0.15, 0.2) is 0 Å². The van der Waals surface area contributed by atoms with E-state index in [9.17, 15) is 4.79 Å². The molecule has 5 nitrogen and oxygen atoms in total. The average molecular weight is 246 g/mol. The van der Waals surface area contributed by atoms with E-state index in [1.165, 1.54) is 6.20 Å². The van der Waals surface area contributed by atoms with Crippen LogP contribution < -0.4 is 11.1 Å². The molecule has 4 N–H and O–H groups in total. The molecule has 1 heterocycles. The number of nitrogens with two attached hydrogens (primary N) is 1. The van der Waals surface area contributed by atoms with Gasteiger partial charge in [-0.05, 0) is 27.6 Å². The molecule has 1 aromatic heterocycles. The normalized spacial score (nSPS) is 9.62. The van der Waals surface area contributed by atoms with Crippen LogP contribution in [0.3, 0.4) is 0 Å². The number of halogens is 1.